The molecular weight excluding hydrogens is 231 g/mol. The van der Waals surface area contributed by atoms with Crippen LogP contribution in [0.1, 0.15) is 23.1 Å². The minimum absolute atomic E-state index is 0.171. The molecule has 1 rings (SSSR count). The van der Waals surface area contributed by atoms with E-state index in [1.165, 1.54) is 6.07 Å². The zero-order chi connectivity index (χ0) is 13.1. The summed E-state index contributed by atoms with van der Waals surface area (Å²) in [5, 5.41) is 0. The fourth-order valence-electron chi connectivity index (χ4n) is 1.25. The first kappa shape index (κ1) is 13.1. The average molecular weight is 241 g/mol. The summed E-state index contributed by atoms with van der Waals surface area (Å²) >= 11 is 0. The summed E-state index contributed by atoms with van der Waals surface area (Å²) in [6, 6.07) is 3.50. The van der Waals surface area contributed by atoms with Gasteiger partial charge in [-0.2, -0.15) is 13.2 Å². The minimum Gasteiger partial charge on any atom is -0.369 e. The van der Waals surface area contributed by atoms with Gasteiger partial charge in [-0.05, 0) is 30.7 Å². The predicted octanol–water partition coefficient (Wildman–Crippen LogP) is 2.24. The molecule has 0 aliphatic heterocycles. The van der Waals surface area contributed by atoms with Crippen LogP contribution >= 0.6 is 0 Å². The van der Waals surface area contributed by atoms with E-state index in [0.717, 1.165) is 12.1 Å². The Morgan fingerprint density at radius 2 is 2.00 bits per heavy atom. The number of nitrogens with two attached hydrogens (primary N) is 1. The van der Waals surface area contributed by atoms with Crippen LogP contribution in [0, 0.1) is 18.8 Å². The Hall–Kier alpha value is -1.96. The van der Waals surface area contributed by atoms with E-state index in [-0.39, 0.29) is 12.0 Å². The first-order valence-corrected chi connectivity index (χ1v) is 4.75. The first-order chi connectivity index (χ1) is 7.79. The number of aryl methyl sites for hydroxylation is 1. The second-order valence-corrected chi connectivity index (χ2v) is 3.53. The van der Waals surface area contributed by atoms with Crippen molar-refractivity contribution in [1.29, 1.82) is 0 Å². The van der Waals surface area contributed by atoms with Crippen molar-refractivity contribution < 1.29 is 18.0 Å². The van der Waals surface area contributed by atoms with Crippen molar-refractivity contribution in [3.05, 3.63) is 34.9 Å². The van der Waals surface area contributed by atoms with Gasteiger partial charge < -0.3 is 5.73 Å². The van der Waals surface area contributed by atoms with E-state index in [9.17, 15) is 18.0 Å². The lowest BCUT2D eigenvalue weighted by atomic mass is 10.1. The van der Waals surface area contributed by atoms with E-state index in [0.29, 0.717) is 5.56 Å². The summed E-state index contributed by atoms with van der Waals surface area (Å²) in [6.45, 7) is 1.55. The van der Waals surface area contributed by atoms with Crippen LogP contribution in [-0.2, 0) is 11.0 Å². The molecule has 0 spiro atoms. The second kappa shape index (κ2) is 4.91. The van der Waals surface area contributed by atoms with Gasteiger partial charge in [0.2, 0.25) is 5.91 Å². The number of carbonyl (C=O) groups is 1. The van der Waals surface area contributed by atoms with E-state index in [1.807, 2.05) is 0 Å². The minimum atomic E-state index is -4.40. The second-order valence-electron chi connectivity index (χ2n) is 3.53. The molecule has 5 heteroatoms. The van der Waals surface area contributed by atoms with Crippen LogP contribution in [0.3, 0.4) is 0 Å². The van der Waals surface area contributed by atoms with Crippen molar-refractivity contribution in [3.63, 3.8) is 0 Å². The van der Waals surface area contributed by atoms with Gasteiger partial charge in [0, 0.05) is 5.56 Å². The molecule has 1 amide bonds. The Labute approximate surface area is 96.6 Å². The average Bonchev–Trinajstić information content (AvgIpc) is 2.14. The topological polar surface area (TPSA) is 43.1 Å². The quantitative estimate of drug-likeness (QED) is 0.753. The Bertz CT molecular complexity index is 495. The lowest BCUT2D eigenvalue weighted by Gasteiger charge is -2.07. The number of amides is 1. The number of halogens is 3. The van der Waals surface area contributed by atoms with E-state index in [1.54, 1.807) is 6.92 Å². The predicted molar refractivity (Wildman–Crippen MR) is 56.9 cm³/mol. The monoisotopic (exact) mass is 241 g/mol. The number of primary amides is 1. The molecule has 2 nitrogen and oxygen atoms in total. The molecule has 17 heavy (non-hydrogen) atoms. The third kappa shape index (κ3) is 4.19. The van der Waals surface area contributed by atoms with Gasteiger partial charge in [0.1, 0.15) is 0 Å². The Morgan fingerprint density at radius 3 is 2.53 bits per heavy atom. The molecule has 1 aromatic carbocycles. The number of rotatable bonds is 1. The van der Waals surface area contributed by atoms with Crippen LogP contribution < -0.4 is 5.73 Å². The highest BCUT2D eigenvalue weighted by molar-refractivity contribution is 5.76. The van der Waals surface area contributed by atoms with Gasteiger partial charge in [0.25, 0.3) is 0 Å². The highest BCUT2D eigenvalue weighted by atomic mass is 19.4. The van der Waals surface area contributed by atoms with Crippen molar-refractivity contribution in [2.24, 2.45) is 5.73 Å². The van der Waals surface area contributed by atoms with Gasteiger partial charge in [-0.1, -0.05) is 11.8 Å². The van der Waals surface area contributed by atoms with Crippen molar-refractivity contribution in [2.45, 2.75) is 19.5 Å². The fraction of sp³-hybridized carbons (Fsp3) is 0.250. The van der Waals surface area contributed by atoms with Crippen molar-refractivity contribution in [2.75, 3.05) is 0 Å². The maximum Gasteiger partial charge on any atom is 0.416 e. The zero-order valence-electron chi connectivity index (χ0n) is 9.06. The molecule has 0 aromatic heterocycles. The normalized spacial score (nSPS) is 10.6. The Kier molecular flexibility index (Phi) is 3.79. The molecule has 2 N–H and O–H groups in total. The molecule has 0 bridgehead atoms. The van der Waals surface area contributed by atoms with Crippen LogP contribution in [-0.4, -0.2) is 5.91 Å². The standard InChI is InChI=1S/C12H10F3NO/c1-8-5-9(3-2-4-11(16)17)7-10(6-8)12(13,14)15/h5-7H,4H2,1H3,(H2,16,17). The molecule has 0 fully saturated rings. The SMILES string of the molecule is Cc1cc(C#CCC(N)=O)cc(C(F)(F)F)c1. The van der Waals surface area contributed by atoms with Gasteiger partial charge in [-0.3, -0.25) is 4.79 Å². The van der Waals surface area contributed by atoms with Crippen molar-refractivity contribution >= 4 is 5.91 Å². The van der Waals surface area contributed by atoms with Crippen molar-refractivity contribution in [1.82, 2.24) is 0 Å². The third-order valence-corrected chi connectivity index (χ3v) is 1.90. The van der Waals surface area contributed by atoms with Gasteiger partial charge in [-0.15, -0.1) is 0 Å². The van der Waals surface area contributed by atoms with Gasteiger partial charge in [0.05, 0.1) is 12.0 Å². The van der Waals surface area contributed by atoms with Crippen molar-refractivity contribution in [3.8, 4) is 11.8 Å². The molecule has 0 saturated heterocycles. The van der Waals surface area contributed by atoms with Crippen LogP contribution in [0.25, 0.3) is 0 Å². The fourth-order valence-corrected chi connectivity index (χ4v) is 1.25. The van der Waals surface area contributed by atoms with Gasteiger partial charge >= 0.3 is 6.18 Å². The molecule has 1 aromatic rings. The molecule has 90 valence electrons. The number of hydrogen-bond acceptors (Lipinski definition) is 1. The maximum atomic E-state index is 12.5. The molecule has 0 radical (unpaired) electrons. The molecule has 0 aliphatic carbocycles. The largest absolute Gasteiger partial charge is 0.416 e. The van der Waals surface area contributed by atoms with Crippen LogP contribution in [0.15, 0.2) is 18.2 Å². The molecule has 0 aliphatic rings. The number of benzene rings is 1. The summed E-state index contributed by atoms with van der Waals surface area (Å²) in [6.07, 6.45) is -4.57. The summed E-state index contributed by atoms with van der Waals surface area (Å²) in [5.41, 5.74) is 4.80. The maximum absolute atomic E-state index is 12.5. The Morgan fingerprint density at radius 1 is 1.35 bits per heavy atom. The smallest absolute Gasteiger partial charge is 0.369 e. The zero-order valence-corrected chi connectivity index (χ0v) is 9.06. The first-order valence-electron chi connectivity index (χ1n) is 4.75. The number of hydrogen-bond donors (Lipinski definition) is 1. The third-order valence-electron chi connectivity index (χ3n) is 1.90. The van der Waals surface area contributed by atoms with Gasteiger partial charge in [0.15, 0.2) is 0 Å². The number of carbonyl (C=O) groups excluding carboxylic acids is 1. The highest BCUT2D eigenvalue weighted by Crippen LogP contribution is 2.30. The van der Waals surface area contributed by atoms with E-state index in [4.69, 9.17) is 5.73 Å². The summed E-state index contributed by atoms with van der Waals surface area (Å²) < 4.78 is 37.4. The summed E-state index contributed by atoms with van der Waals surface area (Å²) in [5.74, 6) is 4.28. The molecule has 0 atom stereocenters. The lowest BCUT2D eigenvalue weighted by molar-refractivity contribution is -0.137. The van der Waals surface area contributed by atoms with E-state index in [2.05, 4.69) is 11.8 Å². The lowest BCUT2D eigenvalue weighted by Crippen LogP contribution is -2.08. The molecule has 0 unspecified atom stereocenters. The molecular formula is C12H10F3NO. The highest BCUT2D eigenvalue weighted by Gasteiger charge is 2.30. The number of alkyl halides is 3. The summed E-state index contributed by atoms with van der Waals surface area (Å²) in [7, 11) is 0. The van der Waals surface area contributed by atoms with Gasteiger partial charge in [-0.25, -0.2) is 0 Å². The molecule has 0 saturated carbocycles. The summed E-state index contributed by atoms with van der Waals surface area (Å²) in [4.78, 5) is 10.4. The molecule has 0 heterocycles. The van der Waals surface area contributed by atoms with Crippen LogP contribution in [0.5, 0.6) is 0 Å². The van der Waals surface area contributed by atoms with E-state index >= 15 is 0 Å². The van der Waals surface area contributed by atoms with Crippen LogP contribution in [0.2, 0.25) is 0 Å². The van der Waals surface area contributed by atoms with Crippen LogP contribution in [0.4, 0.5) is 13.2 Å². The Balaban J connectivity index is 3.05. The van der Waals surface area contributed by atoms with E-state index < -0.39 is 17.6 Å².